The van der Waals surface area contributed by atoms with E-state index in [1.54, 1.807) is 12.1 Å². The Hall–Kier alpha value is -2.82. The molecule has 0 spiro atoms. The van der Waals surface area contributed by atoms with Gasteiger partial charge in [-0.05, 0) is 24.4 Å². The molecule has 0 aliphatic rings. The lowest BCUT2D eigenvalue weighted by Gasteiger charge is -2.03. The summed E-state index contributed by atoms with van der Waals surface area (Å²) < 4.78 is 38.5. The minimum absolute atomic E-state index is 0.269. The number of aromatic nitrogens is 6. The van der Waals surface area contributed by atoms with Crippen molar-refractivity contribution in [3.63, 3.8) is 0 Å². The number of H-pyrrole nitrogens is 1. The minimum Gasteiger partial charge on any atom is -0.250 e. The fraction of sp³-hybridized carbons (Fsp3) is 0.0833. The summed E-state index contributed by atoms with van der Waals surface area (Å²) in [6.45, 7) is 0. The molecule has 0 fully saturated rings. The maximum absolute atomic E-state index is 12.8. The van der Waals surface area contributed by atoms with Crippen LogP contribution in [0.1, 0.15) is 11.5 Å². The molecular weight excluding hydrogens is 331 g/mol. The molecule has 0 bridgehead atoms. The third-order valence-corrected chi connectivity index (χ3v) is 2.97. The zero-order chi connectivity index (χ0) is 16.4. The van der Waals surface area contributed by atoms with Crippen molar-refractivity contribution in [2.75, 3.05) is 0 Å². The summed E-state index contributed by atoms with van der Waals surface area (Å²) in [5, 5.41) is 16.9. The molecule has 0 amide bonds. The molecular formula is C12H8F3N7S. The maximum atomic E-state index is 12.8. The first-order valence-electron chi connectivity index (χ1n) is 6.22. The van der Waals surface area contributed by atoms with Gasteiger partial charge in [0, 0.05) is 0 Å². The molecule has 0 atom stereocenters. The number of para-hydroxylation sites is 1. The van der Waals surface area contributed by atoms with Crippen LogP contribution >= 0.6 is 12.2 Å². The summed E-state index contributed by atoms with van der Waals surface area (Å²) >= 11 is 4.73. The van der Waals surface area contributed by atoms with Crippen molar-refractivity contribution in [2.24, 2.45) is 5.10 Å². The van der Waals surface area contributed by atoms with Crippen LogP contribution in [0.15, 0.2) is 41.6 Å². The first kappa shape index (κ1) is 15.1. The monoisotopic (exact) mass is 339 g/mol. The molecule has 0 aliphatic heterocycles. The van der Waals surface area contributed by atoms with Gasteiger partial charge < -0.3 is 0 Å². The molecule has 23 heavy (non-hydrogen) atoms. The van der Waals surface area contributed by atoms with E-state index in [9.17, 15) is 13.2 Å². The Kier molecular flexibility index (Phi) is 3.78. The summed E-state index contributed by atoms with van der Waals surface area (Å²) in [6.07, 6.45) is -2.19. The normalized spacial score (nSPS) is 12.1. The summed E-state index contributed by atoms with van der Waals surface area (Å²) in [4.78, 5) is 1.33. The van der Waals surface area contributed by atoms with Crippen molar-refractivity contribution in [1.82, 2.24) is 29.9 Å². The van der Waals surface area contributed by atoms with E-state index >= 15 is 0 Å². The van der Waals surface area contributed by atoms with Crippen LogP contribution in [-0.4, -0.2) is 36.1 Å². The Bertz CT molecular complexity index is 891. The zero-order valence-corrected chi connectivity index (χ0v) is 12.1. The van der Waals surface area contributed by atoms with Crippen LogP contribution in [0.25, 0.3) is 5.69 Å². The van der Waals surface area contributed by atoms with Crippen LogP contribution in [0.4, 0.5) is 13.2 Å². The number of halogens is 3. The van der Waals surface area contributed by atoms with E-state index in [4.69, 9.17) is 12.2 Å². The molecule has 2 aromatic heterocycles. The Morgan fingerprint density at radius 2 is 1.96 bits per heavy atom. The van der Waals surface area contributed by atoms with Crippen molar-refractivity contribution in [1.29, 1.82) is 0 Å². The Morgan fingerprint density at radius 3 is 2.65 bits per heavy atom. The number of nitrogens with one attached hydrogen (secondary N) is 1. The number of alkyl halides is 3. The highest BCUT2D eigenvalue weighted by atomic mass is 32.1. The fourth-order valence-corrected chi connectivity index (χ4v) is 1.90. The first-order chi connectivity index (χ1) is 10.9. The molecule has 118 valence electrons. The van der Waals surface area contributed by atoms with Gasteiger partial charge in [-0.1, -0.05) is 18.2 Å². The number of nitrogens with zero attached hydrogens (tertiary/aromatic N) is 6. The van der Waals surface area contributed by atoms with Gasteiger partial charge >= 0.3 is 6.18 Å². The van der Waals surface area contributed by atoms with Crippen molar-refractivity contribution < 1.29 is 13.2 Å². The molecule has 11 heteroatoms. The highest BCUT2D eigenvalue weighted by molar-refractivity contribution is 7.71. The zero-order valence-electron chi connectivity index (χ0n) is 11.3. The van der Waals surface area contributed by atoms with E-state index < -0.39 is 12.0 Å². The van der Waals surface area contributed by atoms with Gasteiger partial charge in [-0.3, -0.25) is 0 Å². The number of hydrogen-bond acceptors (Lipinski definition) is 5. The number of benzene rings is 1. The molecule has 7 nitrogen and oxygen atoms in total. The summed E-state index contributed by atoms with van der Waals surface area (Å²) in [5.41, 5.74) is 0.980. The van der Waals surface area contributed by atoms with Crippen LogP contribution in [0, 0.1) is 4.77 Å². The van der Waals surface area contributed by atoms with E-state index in [0.29, 0.717) is 10.4 Å². The SMILES string of the molecule is FC(F)(F)c1n[nH]c(=S)n1/N=C/c1cnn(-c2ccccc2)n1. The van der Waals surface area contributed by atoms with E-state index in [1.165, 1.54) is 11.0 Å². The Balaban J connectivity index is 1.89. The van der Waals surface area contributed by atoms with E-state index in [1.807, 2.05) is 18.2 Å². The van der Waals surface area contributed by atoms with Crippen LogP contribution in [0.5, 0.6) is 0 Å². The number of rotatable bonds is 3. The predicted octanol–water partition coefficient (Wildman–Crippen LogP) is 2.42. The first-order valence-corrected chi connectivity index (χ1v) is 6.63. The highest BCUT2D eigenvalue weighted by Crippen LogP contribution is 2.27. The van der Waals surface area contributed by atoms with Crippen LogP contribution in [0.2, 0.25) is 0 Å². The lowest BCUT2D eigenvalue weighted by atomic mass is 10.3. The van der Waals surface area contributed by atoms with E-state index in [-0.39, 0.29) is 10.5 Å². The topological polar surface area (TPSA) is 76.7 Å². The molecule has 0 unspecified atom stereocenters. The van der Waals surface area contributed by atoms with Gasteiger partial charge in [0.2, 0.25) is 4.77 Å². The molecule has 0 aliphatic carbocycles. The lowest BCUT2D eigenvalue weighted by Crippen LogP contribution is -2.12. The van der Waals surface area contributed by atoms with Gasteiger partial charge in [-0.15, -0.1) is 10.2 Å². The fourth-order valence-electron chi connectivity index (χ4n) is 1.72. The highest BCUT2D eigenvalue weighted by Gasteiger charge is 2.37. The van der Waals surface area contributed by atoms with Gasteiger partial charge in [0.1, 0.15) is 5.69 Å². The van der Waals surface area contributed by atoms with Crippen LogP contribution < -0.4 is 0 Å². The van der Waals surface area contributed by atoms with E-state index in [2.05, 4.69) is 25.5 Å². The summed E-state index contributed by atoms with van der Waals surface area (Å²) in [5.74, 6) is -1.24. The molecule has 0 radical (unpaired) electrons. The second-order valence-electron chi connectivity index (χ2n) is 4.30. The molecule has 1 N–H and O–H groups in total. The third-order valence-electron chi connectivity index (χ3n) is 2.71. The van der Waals surface area contributed by atoms with Crippen molar-refractivity contribution >= 4 is 18.4 Å². The minimum atomic E-state index is -4.67. The smallest absolute Gasteiger partial charge is 0.250 e. The van der Waals surface area contributed by atoms with Gasteiger partial charge in [0.05, 0.1) is 18.1 Å². The summed E-state index contributed by atoms with van der Waals surface area (Å²) in [6, 6.07) is 9.04. The Labute approximate surface area is 132 Å². The largest absolute Gasteiger partial charge is 0.453 e. The van der Waals surface area contributed by atoms with E-state index in [0.717, 1.165) is 6.21 Å². The number of aromatic amines is 1. The Morgan fingerprint density at radius 1 is 1.22 bits per heavy atom. The molecule has 0 saturated heterocycles. The molecule has 1 aromatic carbocycles. The predicted molar refractivity (Wildman–Crippen MR) is 76.8 cm³/mol. The average molecular weight is 339 g/mol. The lowest BCUT2D eigenvalue weighted by molar-refractivity contribution is -0.147. The molecule has 3 rings (SSSR count). The molecule has 2 heterocycles. The van der Waals surface area contributed by atoms with Crippen molar-refractivity contribution in [3.05, 3.63) is 52.8 Å². The average Bonchev–Trinajstić information content (AvgIpc) is 3.12. The van der Waals surface area contributed by atoms with Gasteiger partial charge in [-0.25, -0.2) is 5.10 Å². The van der Waals surface area contributed by atoms with Crippen LogP contribution in [0.3, 0.4) is 0 Å². The van der Waals surface area contributed by atoms with Gasteiger partial charge in [-0.2, -0.15) is 32.8 Å². The van der Waals surface area contributed by atoms with Gasteiger partial charge in [0.15, 0.2) is 0 Å². The second kappa shape index (κ2) is 5.76. The number of hydrogen-bond donors (Lipinski definition) is 1. The van der Waals surface area contributed by atoms with Crippen molar-refractivity contribution in [2.45, 2.75) is 6.18 Å². The maximum Gasteiger partial charge on any atom is 0.453 e. The summed E-state index contributed by atoms with van der Waals surface area (Å²) in [7, 11) is 0. The van der Waals surface area contributed by atoms with Crippen molar-refractivity contribution in [3.8, 4) is 5.69 Å². The third kappa shape index (κ3) is 3.18. The van der Waals surface area contributed by atoms with Gasteiger partial charge in [0.25, 0.3) is 5.82 Å². The van der Waals surface area contributed by atoms with Crippen LogP contribution in [-0.2, 0) is 6.18 Å². The molecule has 3 aromatic rings. The quantitative estimate of drug-likeness (QED) is 0.587. The standard InChI is InChI=1S/C12H8F3N7S/c13-12(14,15)10-18-19-11(23)21(10)16-6-8-7-17-22(20-8)9-4-2-1-3-5-9/h1-7H,(H,19,23)/b16-6+. The molecule has 0 saturated carbocycles. The second-order valence-corrected chi connectivity index (χ2v) is 4.69.